The van der Waals surface area contributed by atoms with Crippen molar-refractivity contribution in [1.29, 1.82) is 0 Å². The van der Waals surface area contributed by atoms with Crippen molar-refractivity contribution >= 4 is 11.8 Å². The third-order valence-electron chi connectivity index (χ3n) is 5.20. The first kappa shape index (κ1) is 25.6. The van der Waals surface area contributed by atoms with E-state index in [2.05, 4.69) is 96.2 Å². The van der Waals surface area contributed by atoms with Gasteiger partial charge in [0, 0.05) is 10.1 Å². The summed E-state index contributed by atoms with van der Waals surface area (Å²) in [5.41, 5.74) is 6.03. The van der Waals surface area contributed by atoms with Crippen LogP contribution in [0, 0.1) is 0 Å². The summed E-state index contributed by atoms with van der Waals surface area (Å²) in [5.74, 6) is 0. The Morgan fingerprint density at radius 3 is 2.03 bits per heavy atom. The van der Waals surface area contributed by atoms with Gasteiger partial charge in [0.25, 0.3) is 0 Å². The molecule has 0 N–H and O–H groups in total. The van der Waals surface area contributed by atoms with E-state index in [1.807, 2.05) is 11.8 Å². The maximum Gasteiger partial charge on any atom is 0.0314 e. The quantitative estimate of drug-likeness (QED) is 0.230. The van der Waals surface area contributed by atoms with Gasteiger partial charge in [-0.3, -0.25) is 0 Å². The highest BCUT2D eigenvalue weighted by Crippen LogP contribution is 2.30. The predicted molar refractivity (Wildman–Crippen MR) is 135 cm³/mol. The molecule has 0 amide bonds. The maximum atomic E-state index is 2.51. The van der Waals surface area contributed by atoms with Gasteiger partial charge >= 0.3 is 0 Å². The zero-order chi connectivity index (χ0) is 21.5. The van der Waals surface area contributed by atoms with Crippen molar-refractivity contribution in [3.8, 4) is 0 Å². The fourth-order valence-electron chi connectivity index (χ4n) is 3.30. The van der Waals surface area contributed by atoms with Crippen molar-refractivity contribution in [1.82, 2.24) is 0 Å². The molecule has 0 bridgehead atoms. The topological polar surface area (TPSA) is 0 Å². The molecule has 160 valence electrons. The predicted octanol–water partition coefficient (Wildman–Crippen LogP) is 9.70. The average Bonchev–Trinajstić information content (AvgIpc) is 2.68. The summed E-state index contributed by atoms with van der Waals surface area (Å²) in [7, 11) is 0. The van der Waals surface area contributed by atoms with Crippen molar-refractivity contribution in [3.63, 3.8) is 0 Å². The van der Waals surface area contributed by atoms with Crippen LogP contribution in [0.5, 0.6) is 0 Å². The summed E-state index contributed by atoms with van der Waals surface area (Å²) in [4.78, 5) is 1.36. The molecular formula is C28H42S. The highest BCUT2D eigenvalue weighted by atomic mass is 32.2. The second-order valence-electron chi connectivity index (χ2n) is 8.18. The number of rotatable bonds is 13. The SMILES string of the molecule is CC/C=C(\C)CC/C=C(\C)CC(/C=C(\C)CC/C=C(\C)CC)Sc1ccccc1. The molecule has 0 fully saturated rings. The minimum Gasteiger partial charge on any atom is -0.118 e. The molecule has 0 aliphatic heterocycles. The van der Waals surface area contributed by atoms with Crippen LogP contribution in [0.2, 0.25) is 0 Å². The lowest BCUT2D eigenvalue weighted by Crippen LogP contribution is -2.01. The fraction of sp³-hybridized carbons (Fsp3) is 0.500. The Morgan fingerprint density at radius 1 is 0.793 bits per heavy atom. The molecule has 0 nitrogen and oxygen atoms in total. The van der Waals surface area contributed by atoms with Crippen LogP contribution in [0.15, 0.2) is 81.8 Å². The highest BCUT2D eigenvalue weighted by Gasteiger charge is 2.09. The Bertz CT molecular complexity index is 688. The lowest BCUT2D eigenvalue weighted by molar-refractivity contribution is 0.902. The van der Waals surface area contributed by atoms with Crippen molar-refractivity contribution in [2.45, 2.75) is 96.6 Å². The molecule has 1 aromatic carbocycles. The molecule has 1 atom stereocenters. The number of thioether (sulfide) groups is 1. The molecule has 0 spiro atoms. The van der Waals surface area contributed by atoms with Crippen LogP contribution >= 0.6 is 11.8 Å². The monoisotopic (exact) mass is 410 g/mol. The van der Waals surface area contributed by atoms with Crippen molar-refractivity contribution in [2.24, 2.45) is 0 Å². The normalized spacial score (nSPS) is 15.0. The van der Waals surface area contributed by atoms with Crippen molar-refractivity contribution in [2.75, 3.05) is 0 Å². The van der Waals surface area contributed by atoms with Crippen LogP contribution in [0.4, 0.5) is 0 Å². The molecule has 0 saturated heterocycles. The Balaban J connectivity index is 2.77. The van der Waals surface area contributed by atoms with Gasteiger partial charge < -0.3 is 0 Å². The van der Waals surface area contributed by atoms with E-state index in [1.165, 1.54) is 33.6 Å². The van der Waals surface area contributed by atoms with Gasteiger partial charge in [0.1, 0.15) is 0 Å². The standard InChI is InChI=1S/C28H42S/c1-7-14-24(4)16-13-18-26(6)22-28(29-27-19-10-9-11-20-27)21-25(5)17-12-15-23(3)8-2/h9-11,14-15,18-21,28H,7-8,12-13,16-17,22H2,1-6H3/b23-15+,24-14+,25-21+,26-18+. The summed E-state index contributed by atoms with van der Waals surface area (Å²) >= 11 is 1.99. The Labute approximate surface area is 185 Å². The van der Waals surface area contributed by atoms with Gasteiger partial charge in [-0.05, 0) is 84.8 Å². The molecule has 1 heteroatoms. The molecule has 1 rings (SSSR count). The molecule has 0 saturated carbocycles. The summed E-state index contributed by atoms with van der Waals surface area (Å²) in [6.45, 7) is 13.5. The van der Waals surface area contributed by atoms with Crippen LogP contribution in [0.25, 0.3) is 0 Å². The summed E-state index contributed by atoms with van der Waals surface area (Å²) in [5, 5.41) is 0.497. The summed E-state index contributed by atoms with van der Waals surface area (Å²) in [6, 6.07) is 10.8. The van der Waals surface area contributed by atoms with Crippen LogP contribution in [-0.2, 0) is 0 Å². The third-order valence-corrected chi connectivity index (χ3v) is 6.35. The van der Waals surface area contributed by atoms with E-state index in [0.29, 0.717) is 5.25 Å². The van der Waals surface area contributed by atoms with Gasteiger partial charge in [0.05, 0.1) is 0 Å². The van der Waals surface area contributed by atoms with Gasteiger partial charge in [-0.1, -0.05) is 78.6 Å². The first-order chi connectivity index (χ1) is 13.9. The van der Waals surface area contributed by atoms with E-state index >= 15 is 0 Å². The Morgan fingerprint density at radius 2 is 1.41 bits per heavy atom. The fourth-order valence-corrected chi connectivity index (χ4v) is 4.61. The van der Waals surface area contributed by atoms with Crippen LogP contribution in [0.1, 0.15) is 86.5 Å². The first-order valence-electron chi connectivity index (χ1n) is 11.3. The minimum atomic E-state index is 0.497. The summed E-state index contributed by atoms with van der Waals surface area (Å²) < 4.78 is 0. The van der Waals surface area contributed by atoms with E-state index < -0.39 is 0 Å². The highest BCUT2D eigenvalue weighted by molar-refractivity contribution is 8.00. The molecule has 1 unspecified atom stereocenters. The molecular weight excluding hydrogens is 368 g/mol. The maximum absolute atomic E-state index is 2.51. The van der Waals surface area contributed by atoms with Crippen LogP contribution in [0.3, 0.4) is 0 Å². The number of allylic oxidation sites excluding steroid dienone is 7. The zero-order valence-corrected chi connectivity index (χ0v) is 20.4. The van der Waals surface area contributed by atoms with Crippen molar-refractivity contribution in [3.05, 3.63) is 76.9 Å². The van der Waals surface area contributed by atoms with Gasteiger partial charge in [0.15, 0.2) is 0 Å². The van der Waals surface area contributed by atoms with Gasteiger partial charge in [-0.15, -0.1) is 11.8 Å². The number of hydrogen-bond acceptors (Lipinski definition) is 1. The molecule has 0 aliphatic rings. The Kier molecular flexibility index (Phi) is 13.6. The first-order valence-corrected chi connectivity index (χ1v) is 12.2. The largest absolute Gasteiger partial charge is 0.118 e. The second kappa shape index (κ2) is 15.4. The van der Waals surface area contributed by atoms with Crippen molar-refractivity contribution < 1.29 is 0 Å². The number of benzene rings is 1. The van der Waals surface area contributed by atoms with E-state index in [0.717, 1.165) is 38.5 Å². The van der Waals surface area contributed by atoms with E-state index in [9.17, 15) is 0 Å². The second-order valence-corrected chi connectivity index (χ2v) is 9.49. The third kappa shape index (κ3) is 12.6. The molecule has 1 aromatic rings. The van der Waals surface area contributed by atoms with Gasteiger partial charge in [-0.2, -0.15) is 0 Å². The van der Waals surface area contributed by atoms with E-state index in [4.69, 9.17) is 0 Å². The van der Waals surface area contributed by atoms with E-state index in [1.54, 1.807) is 0 Å². The molecule has 0 radical (unpaired) electrons. The Hall–Kier alpha value is -1.47. The lowest BCUT2D eigenvalue weighted by atomic mass is 10.0. The molecule has 0 aromatic heterocycles. The number of hydrogen-bond donors (Lipinski definition) is 0. The van der Waals surface area contributed by atoms with Crippen LogP contribution < -0.4 is 0 Å². The van der Waals surface area contributed by atoms with Gasteiger partial charge in [0.2, 0.25) is 0 Å². The zero-order valence-electron chi connectivity index (χ0n) is 19.6. The summed E-state index contributed by atoms with van der Waals surface area (Å²) in [6.07, 6.45) is 17.8. The van der Waals surface area contributed by atoms with E-state index in [-0.39, 0.29) is 0 Å². The van der Waals surface area contributed by atoms with Gasteiger partial charge in [-0.25, -0.2) is 0 Å². The minimum absolute atomic E-state index is 0.497. The average molecular weight is 411 g/mol. The molecule has 0 aliphatic carbocycles. The lowest BCUT2D eigenvalue weighted by Gasteiger charge is -2.15. The molecule has 29 heavy (non-hydrogen) atoms. The molecule has 0 heterocycles. The smallest absolute Gasteiger partial charge is 0.0314 e. The van der Waals surface area contributed by atoms with Crippen LogP contribution in [-0.4, -0.2) is 5.25 Å².